The molecule has 1 amide bonds. The first-order chi connectivity index (χ1) is 15.7. The van der Waals surface area contributed by atoms with Gasteiger partial charge in [-0.05, 0) is 70.9 Å². The van der Waals surface area contributed by atoms with Crippen LogP contribution in [0.25, 0.3) is 0 Å². The van der Waals surface area contributed by atoms with Crippen LogP contribution in [0.4, 0.5) is 36.4 Å². The smallest absolute Gasteiger partial charge is 0.456 e. The van der Waals surface area contributed by atoms with Gasteiger partial charge in [0.1, 0.15) is 27.4 Å². The number of alkyl halides is 6. The molecule has 0 radical (unpaired) electrons. The standard InChI is InChI=1S/C21H12BrF7N2O3/c1-10-9-30-16(22)8-14(10)31-19(32)17-15(7-6-13(18(17)23)20(24,25)26)33-11-2-4-12(5-3-11)34-21(27,28)29/h2-9H,1H3,(H,30,31,32). The summed E-state index contributed by atoms with van der Waals surface area (Å²) >= 11 is 3.09. The molecule has 0 saturated carbocycles. The summed E-state index contributed by atoms with van der Waals surface area (Å²) in [6.07, 6.45) is -8.68. The molecule has 1 aromatic heterocycles. The average Bonchev–Trinajstić information content (AvgIpc) is 2.70. The SMILES string of the molecule is Cc1cnc(Br)cc1NC(=O)c1c(Oc2ccc(OC(F)(F)F)cc2)ccc(C(F)(F)F)c1F. The second kappa shape index (κ2) is 9.49. The summed E-state index contributed by atoms with van der Waals surface area (Å²) in [6, 6.07) is 6.23. The third kappa shape index (κ3) is 6.16. The van der Waals surface area contributed by atoms with Gasteiger partial charge in [-0.25, -0.2) is 9.37 Å². The summed E-state index contributed by atoms with van der Waals surface area (Å²) < 4.78 is 101. The molecule has 34 heavy (non-hydrogen) atoms. The van der Waals surface area contributed by atoms with Crippen LogP contribution in [-0.2, 0) is 6.18 Å². The predicted molar refractivity (Wildman–Crippen MR) is 109 cm³/mol. The summed E-state index contributed by atoms with van der Waals surface area (Å²) in [5.74, 6) is -4.51. The Hall–Kier alpha value is -3.35. The van der Waals surface area contributed by atoms with Crippen LogP contribution in [-0.4, -0.2) is 17.3 Å². The van der Waals surface area contributed by atoms with Crippen LogP contribution in [0.2, 0.25) is 0 Å². The van der Waals surface area contributed by atoms with E-state index in [1.807, 2.05) is 0 Å². The minimum atomic E-state index is -5.11. The minimum absolute atomic E-state index is 0.142. The Kier molecular flexibility index (Phi) is 7.05. The number of hydrogen-bond acceptors (Lipinski definition) is 4. The van der Waals surface area contributed by atoms with Crippen molar-refractivity contribution in [3.8, 4) is 17.2 Å². The van der Waals surface area contributed by atoms with Crippen molar-refractivity contribution in [2.45, 2.75) is 19.5 Å². The molecule has 3 rings (SSSR count). The van der Waals surface area contributed by atoms with Crippen LogP contribution in [0.15, 0.2) is 53.3 Å². The van der Waals surface area contributed by atoms with Crippen LogP contribution < -0.4 is 14.8 Å². The van der Waals surface area contributed by atoms with E-state index in [1.54, 1.807) is 6.92 Å². The number of benzene rings is 2. The number of halogens is 8. The van der Waals surface area contributed by atoms with Crippen molar-refractivity contribution in [1.82, 2.24) is 4.98 Å². The van der Waals surface area contributed by atoms with E-state index < -0.39 is 46.9 Å². The highest BCUT2D eigenvalue weighted by Gasteiger charge is 2.37. The zero-order chi connectivity index (χ0) is 25.3. The highest BCUT2D eigenvalue weighted by atomic mass is 79.9. The van der Waals surface area contributed by atoms with Crippen LogP contribution in [0.5, 0.6) is 17.2 Å². The molecular weight excluding hydrogens is 541 g/mol. The van der Waals surface area contributed by atoms with Crippen molar-refractivity contribution in [3.63, 3.8) is 0 Å². The van der Waals surface area contributed by atoms with E-state index in [9.17, 15) is 35.5 Å². The van der Waals surface area contributed by atoms with E-state index in [-0.39, 0.29) is 11.4 Å². The van der Waals surface area contributed by atoms with E-state index in [2.05, 4.69) is 31.0 Å². The number of aryl methyl sites for hydroxylation is 1. The molecule has 0 unspecified atom stereocenters. The molecule has 13 heteroatoms. The van der Waals surface area contributed by atoms with Crippen LogP contribution in [0.1, 0.15) is 21.5 Å². The lowest BCUT2D eigenvalue weighted by molar-refractivity contribution is -0.274. The van der Waals surface area contributed by atoms with Gasteiger partial charge >= 0.3 is 12.5 Å². The van der Waals surface area contributed by atoms with Gasteiger partial charge in [-0.2, -0.15) is 13.2 Å². The number of carbonyl (C=O) groups is 1. The zero-order valence-electron chi connectivity index (χ0n) is 16.8. The fourth-order valence-electron chi connectivity index (χ4n) is 2.73. The fourth-order valence-corrected chi connectivity index (χ4v) is 3.06. The van der Waals surface area contributed by atoms with Gasteiger partial charge in [-0.15, -0.1) is 13.2 Å². The predicted octanol–water partition coefficient (Wildman–Crippen LogP) is 7.25. The van der Waals surface area contributed by atoms with Gasteiger partial charge < -0.3 is 14.8 Å². The monoisotopic (exact) mass is 552 g/mol. The second-order valence-corrected chi connectivity index (χ2v) is 7.51. The van der Waals surface area contributed by atoms with E-state index >= 15 is 0 Å². The molecule has 0 spiro atoms. The van der Waals surface area contributed by atoms with E-state index in [4.69, 9.17) is 4.74 Å². The third-order valence-electron chi connectivity index (χ3n) is 4.24. The summed E-state index contributed by atoms with van der Waals surface area (Å²) in [7, 11) is 0. The molecule has 5 nitrogen and oxygen atoms in total. The Morgan fingerprint density at radius 1 is 1.00 bits per heavy atom. The van der Waals surface area contributed by atoms with E-state index in [1.165, 1.54) is 12.3 Å². The number of pyridine rings is 1. The lowest BCUT2D eigenvalue weighted by Gasteiger charge is -2.17. The quantitative estimate of drug-likeness (QED) is 0.267. The van der Waals surface area contributed by atoms with Gasteiger partial charge in [0.15, 0.2) is 5.82 Å². The van der Waals surface area contributed by atoms with Gasteiger partial charge in [0.25, 0.3) is 5.91 Å². The number of rotatable bonds is 5. The van der Waals surface area contributed by atoms with Gasteiger partial charge in [-0.3, -0.25) is 4.79 Å². The van der Waals surface area contributed by atoms with Crippen molar-refractivity contribution < 1.29 is 45.0 Å². The Morgan fingerprint density at radius 2 is 1.62 bits per heavy atom. The molecule has 0 bridgehead atoms. The molecule has 0 aliphatic rings. The van der Waals surface area contributed by atoms with E-state index in [0.717, 1.165) is 30.3 Å². The molecule has 3 aromatic rings. The second-order valence-electron chi connectivity index (χ2n) is 6.70. The zero-order valence-corrected chi connectivity index (χ0v) is 18.4. The van der Waals surface area contributed by atoms with Crippen molar-refractivity contribution in [1.29, 1.82) is 0 Å². The summed E-state index contributed by atoms with van der Waals surface area (Å²) in [5, 5.41) is 2.31. The molecule has 0 aliphatic carbocycles. The highest BCUT2D eigenvalue weighted by molar-refractivity contribution is 9.10. The Balaban J connectivity index is 1.99. The summed E-state index contributed by atoms with van der Waals surface area (Å²) in [6.45, 7) is 1.56. The molecular formula is C21H12BrF7N2O3. The van der Waals surface area contributed by atoms with Crippen molar-refractivity contribution >= 4 is 27.5 Å². The maximum Gasteiger partial charge on any atom is 0.573 e. The van der Waals surface area contributed by atoms with Gasteiger partial charge in [0, 0.05) is 11.9 Å². The lowest BCUT2D eigenvalue weighted by atomic mass is 10.1. The molecule has 0 saturated heterocycles. The van der Waals surface area contributed by atoms with E-state index in [0.29, 0.717) is 16.2 Å². The van der Waals surface area contributed by atoms with Gasteiger partial charge in [0.2, 0.25) is 0 Å². The number of amides is 1. The van der Waals surface area contributed by atoms with Crippen molar-refractivity contribution in [3.05, 3.63) is 75.8 Å². The Bertz CT molecular complexity index is 1210. The first-order valence-electron chi connectivity index (χ1n) is 9.11. The topological polar surface area (TPSA) is 60.5 Å². The first kappa shape index (κ1) is 25.3. The molecule has 0 fully saturated rings. The molecule has 1 N–H and O–H groups in total. The maximum atomic E-state index is 14.9. The largest absolute Gasteiger partial charge is 0.573 e. The number of ether oxygens (including phenoxy) is 2. The highest BCUT2D eigenvalue weighted by Crippen LogP contribution is 2.38. The van der Waals surface area contributed by atoms with Crippen LogP contribution >= 0.6 is 15.9 Å². The number of nitrogens with one attached hydrogen (secondary N) is 1. The number of carbonyl (C=O) groups excluding carboxylic acids is 1. The van der Waals surface area contributed by atoms with Crippen LogP contribution in [0.3, 0.4) is 0 Å². The molecule has 0 atom stereocenters. The van der Waals surface area contributed by atoms with Crippen LogP contribution in [0, 0.1) is 12.7 Å². The average molecular weight is 553 g/mol. The number of aromatic nitrogens is 1. The fraction of sp³-hybridized carbons (Fsp3) is 0.143. The van der Waals surface area contributed by atoms with Gasteiger partial charge in [-0.1, -0.05) is 0 Å². The lowest BCUT2D eigenvalue weighted by Crippen LogP contribution is -2.19. The molecule has 1 heterocycles. The Labute approximate surface area is 195 Å². The number of anilines is 1. The first-order valence-corrected chi connectivity index (χ1v) is 9.91. The molecule has 2 aromatic carbocycles. The molecule has 0 aliphatic heterocycles. The summed E-state index contributed by atoms with van der Waals surface area (Å²) in [4.78, 5) is 16.7. The minimum Gasteiger partial charge on any atom is -0.456 e. The normalized spacial score (nSPS) is 11.8. The third-order valence-corrected chi connectivity index (χ3v) is 4.67. The maximum absolute atomic E-state index is 14.9. The molecule has 180 valence electrons. The summed E-state index contributed by atoms with van der Waals surface area (Å²) in [5.41, 5.74) is -2.18. The van der Waals surface area contributed by atoms with Gasteiger partial charge in [0.05, 0.1) is 5.56 Å². The number of hydrogen-bond donors (Lipinski definition) is 1. The van der Waals surface area contributed by atoms with Crippen molar-refractivity contribution in [2.24, 2.45) is 0 Å². The van der Waals surface area contributed by atoms with Crippen molar-refractivity contribution in [2.75, 3.05) is 5.32 Å². The Morgan fingerprint density at radius 3 is 2.21 bits per heavy atom. The number of nitrogens with zero attached hydrogens (tertiary/aromatic N) is 1.